The van der Waals surface area contributed by atoms with Crippen molar-refractivity contribution in [3.8, 4) is 0 Å². The maximum Gasteiger partial charge on any atom is 0.135 e. The first kappa shape index (κ1) is 20.7. The number of aromatic amines is 1. The SMILES string of the molecule is CN(Cc1nc2ccc(Cl)cc2[nH]1)c1ncnc2c1CCNCC2.Cl.Cl. The van der Waals surface area contributed by atoms with Crippen LogP contribution in [0.15, 0.2) is 24.5 Å². The highest BCUT2D eigenvalue weighted by Gasteiger charge is 2.17. The van der Waals surface area contributed by atoms with E-state index in [-0.39, 0.29) is 24.8 Å². The van der Waals surface area contributed by atoms with E-state index in [9.17, 15) is 0 Å². The lowest BCUT2D eigenvalue weighted by Crippen LogP contribution is -2.21. The predicted octanol–water partition coefficient (Wildman–Crippen LogP) is 3.17. The highest BCUT2D eigenvalue weighted by Crippen LogP contribution is 2.23. The van der Waals surface area contributed by atoms with E-state index in [0.717, 1.165) is 54.3 Å². The van der Waals surface area contributed by atoms with Gasteiger partial charge >= 0.3 is 0 Å². The van der Waals surface area contributed by atoms with Crippen molar-refractivity contribution in [1.82, 2.24) is 25.3 Å². The van der Waals surface area contributed by atoms with Crippen LogP contribution in [0.2, 0.25) is 5.02 Å². The Bertz CT molecular complexity index is 882. The summed E-state index contributed by atoms with van der Waals surface area (Å²) in [6.07, 6.45) is 3.56. The van der Waals surface area contributed by atoms with E-state index in [1.807, 2.05) is 25.2 Å². The van der Waals surface area contributed by atoms with E-state index < -0.39 is 0 Å². The summed E-state index contributed by atoms with van der Waals surface area (Å²) >= 11 is 6.04. The number of aromatic nitrogens is 4. The Kier molecular flexibility index (Phi) is 7.06. The third-order valence-corrected chi connectivity index (χ3v) is 4.58. The molecule has 0 radical (unpaired) electrons. The molecule has 0 aliphatic carbocycles. The monoisotopic (exact) mass is 414 g/mol. The second kappa shape index (κ2) is 8.86. The molecule has 3 aromatic rings. The average molecular weight is 416 g/mol. The minimum atomic E-state index is 0. The number of hydrogen-bond acceptors (Lipinski definition) is 5. The van der Waals surface area contributed by atoms with Gasteiger partial charge in [-0.2, -0.15) is 0 Å². The zero-order valence-electron chi connectivity index (χ0n) is 14.3. The minimum absolute atomic E-state index is 0. The van der Waals surface area contributed by atoms with E-state index in [1.54, 1.807) is 6.33 Å². The van der Waals surface area contributed by atoms with Crippen molar-refractivity contribution in [3.63, 3.8) is 0 Å². The van der Waals surface area contributed by atoms with Crippen LogP contribution in [0.25, 0.3) is 11.0 Å². The number of hydrogen-bond donors (Lipinski definition) is 2. The van der Waals surface area contributed by atoms with Gasteiger partial charge in [0.1, 0.15) is 18.0 Å². The fourth-order valence-corrected chi connectivity index (χ4v) is 3.36. The van der Waals surface area contributed by atoms with Crippen LogP contribution in [0, 0.1) is 0 Å². The number of benzene rings is 1. The second-order valence-electron chi connectivity index (χ2n) is 6.07. The third-order valence-electron chi connectivity index (χ3n) is 4.34. The summed E-state index contributed by atoms with van der Waals surface area (Å²) in [7, 11) is 2.04. The molecular formula is C17H21Cl3N6. The molecule has 9 heteroatoms. The summed E-state index contributed by atoms with van der Waals surface area (Å²) in [5.41, 5.74) is 4.27. The molecule has 0 unspecified atom stereocenters. The average Bonchev–Trinajstić information content (AvgIpc) is 2.80. The van der Waals surface area contributed by atoms with Gasteiger partial charge in [0, 0.05) is 30.6 Å². The lowest BCUT2D eigenvalue weighted by molar-refractivity contribution is 0.708. The van der Waals surface area contributed by atoms with Gasteiger partial charge in [-0.15, -0.1) is 24.8 Å². The second-order valence-corrected chi connectivity index (χ2v) is 6.51. The zero-order chi connectivity index (χ0) is 16.5. The highest BCUT2D eigenvalue weighted by molar-refractivity contribution is 6.31. The molecule has 0 saturated carbocycles. The van der Waals surface area contributed by atoms with Crippen molar-refractivity contribution in [2.24, 2.45) is 0 Å². The molecule has 0 saturated heterocycles. The van der Waals surface area contributed by atoms with Gasteiger partial charge in [-0.25, -0.2) is 15.0 Å². The maximum atomic E-state index is 6.04. The van der Waals surface area contributed by atoms with Gasteiger partial charge in [0.15, 0.2) is 0 Å². The van der Waals surface area contributed by atoms with Gasteiger partial charge in [0.05, 0.1) is 23.3 Å². The van der Waals surface area contributed by atoms with E-state index in [4.69, 9.17) is 11.6 Å². The summed E-state index contributed by atoms with van der Waals surface area (Å²) < 4.78 is 0. The van der Waals surface area contributed by atoms with Crippen LogP contribution >= 0.6 is 36.4 Å². The van der Waals surface area contributed by atoms with Crippen molar-refractivity contribution >= 4 is 53.3 Å². The molecule has 140 valence electrons. The van der Waals surface area contributed by atoms with E-state index in [2.05, 4.69) is 30.2 Å². The Hall–Kier alpha value is -1.60. The van der Waals surface area contributed by atoms with Gasteiger partial charge in [0.25, 0.3) is 0 Å². The smallest absolute Gasteiger partial charge is 0.135 e. The number of fused-ring (bicyclic) bond motifs is 2. The fourth-order valence-electron chi connectivity index (χ4n) is 3.19. The molecular weight excluding hydrogens is 395 g/mol. The predicted molar refractivity (Wildman–Crippen MR) is 110 cm³/mol. The van der Waals surface area contributed by atoms with Crippen LogP contribution in [0.3, 0.4) is 0 Å². The number of H-pyrrole nitrogens is 1. The fraction of sp³-hybridized carbons (Fsp3) is 0.353. The van der Waals surface area contributed by atoms with Crippen LogP contribution in [-0.4, -0.2) is 40.1 Å². The zero-order valence-corrected chi connectivity index (χ0v) is 16.7. The summed E-state index contributed by atoms with van der Waals surface area (Å²) in [5, 5.41) is 4.12. The van der Waals surface area contributed by atoms with Crippen LogP contribution in [0.4, 0.5) is 5.82 Å². The standard InChI is InChI=1S/C17H19ClN6.2ClH/c1-24(9-16-22-14-3-2-11(18)8-15(14)23-16)17-12-4-6-19-7-5-13(12)20-10-21-17;;/h2-3,8,10,19H,4-7,9H2,1H3,(H,22,23);2*1H. The van der Waals surface area contributed by atoms with Crippen LogP contribution in [0.5, 0.6) is 0 Å². The molecule has 0 amide bonds. The van der Waals surface area contributed by atoms with Crippen LogP contribution < -0.4 is 10.2 Å². The number of anilines is 1. The molecule has 26 heavy (non-hydrogen) atoms. The van der Waals surface area contributed by atoms with Crippen molar-refractivity contribution in [1.29, 1.82) is 0 Å². The molecule has 3 heterocycles. The highest BCUT2D eigenvalue weighted by atomic mass is 35.5. The molecule has 0 atom stereocenters. The summed E-state index contributed by atoms with van der Waals surface area (Å²) in [4.78, 5) is 19.1. The molecule has 4 rings (SSSR count). The number of rotatable bonds is 3. The van der Waals surface area contributed by atoms with Gasteiger partial charge in [-0.3, -0.25) is 0 Å². The molecule has 0 fully saturated rings. The molecule has 1 aliphatic heterocycles. The minimum Gasteiger partial charge on any atom is -0.352 e. The third kappa shape index (κ3) is 4.20. The molecule has 1 aromatic carbocycles. The molecule has 6 nitrogen and oxygen atoms in total. The van der Waals surface area contributed by atoms with Gasteiger partial charge < -0.3 is 15.2 Å². The Labute approximate surface area is 169 Å². The maximum absolute atomic E-state index is 6.04. The first-order valence-corrected chi connectivity index (χ1v) is 8.47. The van der Waals surface area contributed by atoms with Crippen molar-refractivity contribution in [2.45, 2.75) is 19.4 Å². The van der Waals surface area contributed by atoms with Gasteiger partial charge in [-0.05, 0) is 31.2 Å². The Morgan fingerprint density at radius 3 is 2.81 bits per heavy atom. The molecule has 1 aliphatic rings. The lowest BCUT2D eigenvalue weighted by Gasteiger charge is -2.20. The Balaban J connectivity index is 0.00000121. The molecule has 0 spiro atoms. The van der Waals surface area contributed by atoms with Crippen molar-refractivity contribution in [2.75, 3.05) is 25.0 Å². The number of nitrogens with one attached hydrogen (secondary N) is 2. The normalized spacial score (nSPS) is 13.3. The summed E-state index contributed by atoms with van der Waals surface area (Å²) in [6, 6.07) is 5.69. The molecule has 2 aromatic heterocycles. The first-order chi connectivity index (χ1) is 11.7. The Morgan fingerprint density at radius 1 is 1.15 bits per heavy atom. The number of nitrogens with zero attached hydrogens (tertiary/aromatic N) is 4. The van der Waals surface area contributed by atoms with E-state index in [1.165, 1.54) is 5.56 Å². The Morgan fingerprint density at radius 2 is 1.96 bits per heavy atom. The van der Waals surface area contributed by atoms with Crippen LogP contribution in [0.1, 0.15) is 17.1 Å². The number of imidazole rings is 1. The summed E-state index contributed by atoms with van der Waals surface area (Å²) in [5.74, 6) is 1.89. The van der Waals surface area contributed by atoms with Crippen molar-refractivity contribution in [3.05, 3.63) is 46.6 Å². The lowest BCUT2D eigenvalue weighted by atomic mass is 10.1. The van der Waals surface area contributed by atoms with Crippen LogP contribution in [-0.2, 0) is 19.4 Å². The largest absolute Gasteiger partial charge is 0.352 e. The quantitative estimate of drug-likeness (QED) is 0.687. The summed E-state index contributed by atoms with van der Waals surface area (Å²) in [6.45, 7) is 2.59. The van der Waals surface area contributed by atoms with E-state index >= 15 is 0 Å². The first-order valence-electron chi connectivity index (χ1n) is 8.09. The van der Waals surface area contributed by atoms with E-state index in [0.29, 0.717) is 11.6 Å². The topological polar surface area (TPSA) is 69.7 Å². The molecule has 0 bridgehead atoms. The van der Waals surface area contributed by atoms with Gasteiger partial charge in [0.2, 0.25) is 0 Å². The van der Waals surface area contributed by atoms with Gasteiger partial charge in [-0.1, -0.05) is 11.6 Å². The number of halogens is 3. The molecule has 2 N–H and O–H groups in total. The van der Waals surface area contributed by atoms with Crippen molar-refractivity contribution < 1.29 is 0 Å².